The summed E-state index contributed by atoms with van der Waals surface area (Å²) in [7, 11) is 0. The number of likely N-dealkylation sites (tertiary alicyclic amines) is 1. The second kappa shape index (κ2) is 5.84. The molecule has 1 aromatic carbocycles. The Morgan fingerprint density at radius 3 is 2.61 bits per heavy atom. The Bertz CT molecular complexity index is 726. The fraction of sp³-hybridized carbons (Fsp3) is 0.474. The van der Waals surface area contributed by atoms with Crippen LogP contribution < -0.4 is 0 Å². The molecule has 1 N–H and O–H groups in total. The molecule has 1 aromatic heterocycles. The Labute approximate surface area is 137 Å². The Hall–Kier alpha value is -2.10. The van der Waals surface area contributed by atoms with E-state index in [0.29, 0.717) is 11.5 Å². The van der Waals surface area contributed by atoms with Gasteiger partial charge in [-0.1, -0.05) is 26.8 Å². The number of aromatic nitrogens is 1. The molecule has 3 rings (SSSR count). The quantitative estimate of drug-likeness (QED) is 0.870. The molecule has 1 aliphatic heterocycles. The zero-order valence-electron chi connectivity index (χ0n) is 14.0. The van der Waals surface area contributed by atoms with E-state index < -0.39 is 0 Å². The van der Waals surface area contributed by atoms with Crippen molar-refractivity contribution in [3.63, 3.8) is 0 Å². The summed E-state index contributed by atoms with van der Waals surface area (Å²) in [6, 6.07) is 7.02. The van der Waals surface area contributed by atoms with Gasteiger partial charge in [0.25, 0.3) is 5.91 Å². The first-order valence-electron chi connectivity index (χ1n) is 8.23. The number of piperidine rings is 1. The fourth-order valence-electron chi connectivity index (χ4n) is 3.40. The van der Waals surface area contributed by atoms with Crippen molar-refractivity contribution in [2.24, 2.45) is 11.3 Å². The summed E-state index contributed by atoms with van der Waals surface area (Å²) in [6.07, 6.45) is 3.73. The number of hydrogen-bond acceptors (Lipinski definition) is 3. The minimum absolute atomic E-state index is 0.0356. The molecule has 2 heterocycles. The van der Waals surface area contributed by atoms with Crippen molar-refractivity contribution in [2.75, 3.05) is 13.1 Å². The van der Waals surface area contributed by atoms with Gasteiger partial charge in [0.05, 0.1) is 11.1 Å². The first-order chi connectivity index (χ1) is 10.9. The summed E-state index contributed by atoms with van der Waals surface area (Å²) in [5, 5.41) is 11.1. The van der Waals surface area contributed by atoms with E-state index in [1.807, 2.05) is 17.0 Å². The highest BCUT2D eigenvalue weighted by Gasteiger charge is 2.31. The van der Waals surface area contributed by atoms with E-state index in [1.165, 1.54) is 0 Å². The topological polar surface area (TPSA) is 53.4 Å². The van der Waals surface area contributed by atoms with Gasteiger partial charge in [0, 0.05) is 24.7 Å². The van der Waals surface area contributed by atoms with Gasteiger partial charge in [-0.15, -0.1) is 0 Å². The van der Waals surface area contributed by atoms with E-state index in [1.54, 1.807) is 18.3 Å². The molecule has 0 atom stereocenters. The van der Waals surface area contributed by atoms with Crippen molar-refractivity contribution in [1.82, 2.24) is 9.88 Å². The van der Waals surface area contributed by atoms with E-state index in [0.717, 1.165) is 36.8 Å². The number of rotatable bonds is 1. The van der Waals surface area contributed by atoms with Gasteiger partial charge in [0.1, 0.15) is 5.75 Å². The van der Waals surface area contributed by atoms with Gasteiger partial charge in [-0.25, -0.2) is 0 Å². The van der Waals surface area contributed by atoms with Crippen LogP contribution in [-0.4, -0.2) is 34.0 Å². The van der Waals surface area contributed by atoms with Gasteiger partial charge in [-0.2, -0.15) is 0 Å². The molecular formula is C19H24N2O2. The van der Waals surface area contributed by atoms with Crippen LogP contribution >= 0.6 is 0 Å². The highest BCUT2D eigenvalue weighted by molar-refractivity contribution is 6.00. The summed E-state index contributed by atoms with van der Waals surface area (Å²) < 4.78 is 0. The molecular weight excluding hydrogens is 288 g/mol. The molecule has 23 heavy (non-hydrogen) atoms. The number of phenolic OH excluding ortho intramolecular Hbond substituents is 1. The van der Waals surface area contributed by atoms with E-state index in [4.69, 9.17) is 0 Å². The molecule has 1 saturated heterocycles. The molecule has 4 heteroatoms. The molecule has 1 amide bonds. The lowest BCUT2D eigenvalue weighted by Gasteiger charge is -2.38. The maximum absolute atomic E-state index is 12.8. The summed E-state index contributed by atoms with van der Waals surface area (Å²) in [4.78, 5) is 18.9. The largest absolute Gasteiger partial charge is 0.507 e. The number of aromatic hydroxyl groups is 1. The minimum Gasteiger partial charge on any atom is -0.507 e. The van der Waals surface area contributed by atoms with Crippen molar-refractivity contribution >= 4 is 16.8 Å². The lowest BCUT2D eigenvalue weighted by Crippen LogP contribution is -2.41. The minimum atomic E-state index is -0.0950. The summed E-state index contributed by atoms with van der Waals surface area (Å²) in [5.74, 6) is 0.578. The highest BCUT2D eigenvalue weighted by atomic mass is 16.3. The molecule has 0 spiro atoms. The van der Waals surface area contributed by atoms with Crippen LogP contribution in [0.5, 0.6) is 5.75 Å². The number of fused-ring (bicyclic) bond motifs is 1. The molecule has 2 aromatic rings. The van der Waals surface area contributed by atoms with E-state index >= 15 is 0 Å². The Kier molecular flexibility index (Phi) is 4.00. The molecule has 1 fully saturated rings. The molecule has 122 valence electrons. The van der Waals surface area contributed by atoms with Crippen molar-refractivity contribution < 1.29 is 9.90 Å². The third kappa shape index (κ3) is 3.16. The molecule has 0 unspecified atom stereocenters. The van der Waals surface area contributed by atoms with E-state index in [2.05, 4.69) is 25.8 Å². The zero-order chi connectivity index (χ0) is 16.6. The zero-order valence-corrected chi connectivity index (χ0v) is 14.0. The number of phenols is 1. The normalized spacial score (nSPS) is 16.7. The number of benzene rings is 1. The summed E-state index contributed by atoms with van der Waals surface area (Å²) in [5.41, 5.74) is 1.37. The van der Waals surface area contributed by atoms with Crippen LogP contribution in [0.4, 0.5) is 0 Å². The van der Waals surface area contributed by atoms with Gasteiger partial charge in [-0.3, -0.25) is 9.78 Å². The van der Waals surface area contributed by atoms with Crippen LogP contribution in [0.25, 0.3) is 10.9 Å². The number of pyridine rings is 1. The second-order valence-electron chi connectivity index (χ2n) is 7.50. The molecule has 0 aliphatic carbocycles. The van der Waals surface area contributed by atoms with E-state index in [-0.39, 0.29) is 17.1 Å². The van der Waals surface area contributed by atoms with Crippen molar-refractivity contribution in [3.05, 3.63) is 36.0 Å². The number of nitrogens with zero attached hydrogens (tertiary/aromatic N) is 2. The number of amides is 1. The van der Waals surface area contributed by atoms with Crippen LogP contribution in [0.2, 0.25) is 0 Å². The van der Waals surface area contributed by atoms with Crippen LogP contribution in [0, 0.1) is 11.3 Å². The predicted octanol–water partition coefficient (Wildman–Crippen LogP) is 3.84. The average Bonchev–Trinajstić information content (AvgIpc) is 2.53. The van der Waals surface area contributed by atoms with Crippen molar-refractivity contribution in [1.29, 1.82) is 0 Å². The van der Waals surface area contributed by atoms with Crippen LogP contribution in [-0.2, 0) is 0 Å². The molecule has 1 aliphatic rings. The van der Waals surface area contributed by atoms with Crippen molar-refractivity contribution in [3.8, 4) is 5.75 Å². The van der Waals surface area contributed by atoms with Gasteiger partial charge in [-0.05, 0) is 42.4 Å². The molecule has 0 saturated carbocycles. The lowest BCUT2D eigenvalue weighted by molar-refractivity contribution is 0.0606. The summed E-state index contributed by atoms with van der Waals surface area (Å²) in [6.45, 7) is 8.28. The van der Waals surface area contributed by atoms with Gasteiger partial charge in [0.15, 0.2) is 0 Å². The average molecular weight is 312 g/mol. The monoisotopic (exact) mass is 312 g/mol. The van der Waals surface area contributed by atoms with Gasteiger partial charge in [0.2, 0.25) is 0 Å². The summed E-state index contributed by atoms with van der Waals surface area (Å²) >= 11 is 0. The van der Waals surface area contributed by atoms with Crippen LogP contribution in [0.1, 0.15) is 44.0 Å². The lowest BCUT2D eigenvalue weighted by atomic mass is 9.75. The van der Waals surface area contributed by atoms with Gasteiger partial charge >= 0.3 is 0 Å². The Morgan fingerprint density at radius 1 is 1.26 bits per heavy atom. The van der Waals surface area contributed by atoms with Crippen LogP contribution in [0.15, 0.2) is 30.5 Å². The fourth-order valence-corrected chi connectivity index (χ4v) is 3.40. The van der Waals surface area contributed by atoms with Gasteiger partial charge < -0.3 is 10.0 Å². The number of hydrogen-bond donors (Lipinski definition) is 1. The highest BCUT2D eigenvalue weighted by Crippen LogP contribution is 2.35. The predicted molar refractivity (Wildman–Crippen MR) is 91.5 cm³/mol. The maximum Gasteiger partial charge on any atom is 0.257 e. The third-order valence-electron chi connectivity index (χ3n) is 4.96. The molecule has 4 nitrogen and oxygen atoms in total. The second-order valence-corrected chi connectivity index (χ2v) is 7.50. The standard InChI is InChI=1S/C19H24N2O2/c1-19(2,3)14-6-9-21(10-7-14)18(23)15-12-16-13(11-17(15)22)5-4-8-20-16/h4-5,8,11-12,14,22H,6-7,9-10H2,1-3H3. The maximum atomic E-state index is 12.8. The van der Waals surface area contributed by atoms with Crippen LogP contribution in [0.3, 0.4) is 0 Å². The Morgan fingerprint density at radius 2 is 1.96 bits per heavy atom. The Balaban J connectivity index is 1.80. The first kappa shape index (κ1) is 15.8. The number of carbonyl (C=O) groups is 1. The smallest absolute Gasteiger partial charge is 0.257 e. The molecule has 0 bridgehead atoms. The van der Waals surface area contributed by atoms with E-state index in [9.17, 15) is 9.90 Å². The number of carbonyl (C=O) groups excluding carboxylic acids is 1. The van der Waals surface area contributed by atoms with Crippen molar-refractivity contribution in [2.45, 2.75) is 33.6 Å². The molecule has 0 radical (unpaired) electrons. The first-order valence-corrected chi connectivity index (χ1v) is 8.23. The SMILES string of the molecule is CC(C)(C)C1CCN(C(=O)c2cc3ncccc3cc2O)CC1. The third-order valence-corrected chi connectivity index (χ3v) is 4.96.